The van der Waals surface area contributed by atoms with Crippen LogP contribution >= 0.6 is 9.24 Å². The van der Waals surface area contributed by atoms with Crippen molar-refractivity contribution in [3.8, 4) is 5.69 Å². The molecule has 2 aromatic heterocycles. The summed E-state index contributed by atoms with van der Waals surface area (Å²) in [5.41, 5.74) is 3.72. The van der Waals surface area contributed by atoms with E-state index in [0.29, 0.717) is 6.54 Å². The van der Waals surface area contributed by atoms with Crippen LogP contribution in [0.4, 0.5) is 5.69 Å². The highest BCUT2D eigenvalue weighted by Gasteiger charge is 2.12. The minimum Gasteiger partial charge on any atom is -0.327 e. The number of anilines is 1. The van der Waals surface area contributed by atoms with Gasteiger partial charge in [-0.2, -0.15) is 5.10 Å². The highest BCUT2D eigenvalue weighted by atomic mass is 31.0. The van der Waals surface area contributed by atoms with Crippen molar-refractivity contribution in [3.63, 3.8) is 0 Å². The standard InChI is InChI=1S/C14H18N5P/c1-4-7-16-14(20)18(3)13-10-19(17-11(13)2)12-6-5-8-15-9-12/h4-6,8-10H,1,7,20H2,2-3H3. The van der Waals surface area contributed by atoms with Crippen molar-refractivity contribution in [2.24, 2.45) is 4.99 Å². The number of pyridine rings is 1. The van der Waals surface area contributed by atoms with E-state index in [0.717, 1.165) is 22.6 Å². The first kappa shape index (κ1) is 14.4. The van der Waals surface area contributed by atoms with Gasteiger partial charge in [0.1, 0.15) is 5.58 Å². The van der Waals surface area contributed by atoms with Crippen LogP contribution in [0.3, 0.4) is 0 Å². The predicted molar refractivity (Wildman–Crippen MR) is 86.7 cm³/mol. The number of hydrogen-bond acceptors (Lipinski definition) is 3. The van der Waals surface area contributed by atoms with Crippen LogP contribution in [0.2, 0.25) is 0 Å². The molecule has 0 N–H and O–H groups in total. The van der Waals surface area contributed by atoms with Gasteiger partial charge in [-0.1, -0.05) is 15.3 Å². The van der Waals surface area contributed by atoms with Crippen molar-refractivity contribution in [2.45, 2.75) is 6.92 Å². The fraction of sp³-hybridized carbons (Fsp3) is 0.214. The van der Waals surface area contributed by atoms with Gasteiger partial charge < -0.3 is 4.90 Å². The first-order chi connectivity index (χ1) is 9.63. The van der Waals surface area contributed by atoms with E-state index in [1.165, 1.54) is 0 Å². The Hall–Kier alpha value is -2.00. The molecule has 0 aromatic carbocycles. The molecule has 0 aliphatic rings. The highest BCUT2D eigenvalue weighted by Crippen LogP contribution is 2.21. The summed E-state index contributed by atoms with van der Waals surface area (Å²) in [5, 5.41) is 4.52. The van der Waals surface area contributed by atoms with Gasteiger partial charge in [0, 0.05) is 13.2 Å². The lowest BCUT2D eigenvalue weighted by Gasteiger charge is -2.17. The van der Waals surface area contributed by atoms with Gasteiger partial charge in [-0.3, -0.25) is 9.98 Å². The van der Waals surface area contributed by atoms with Crippen molar-refractivity contribution in [3.05, 3.63) is 49.1 Å². The van der Waals surface area contributed by atoms with Crippen molar-refractivity contribution >= 4 is 20.5 Å². The Bertz CT molecular complexity index is 618. The molecule has 0 spiro atoms. The number of hydrogen-bond donors (Lipinski definition) is 0. The maximum absolute atomic E-state index is 4.52. The smallest absolute Gasteiger partial charge is 0.120 e. The molecule has 0 aliphatic heterocycles. The van der Waals surface area contributed by atoms with E-state index in [2.05, 4.69) is 30.9 Å². The average Bonchev–Trinajstić information content (AvgIpc) is 2.87. The summed E-state index contributed by atoms with van der Waals surface area (Å²) in [6.07, 6.45) is 7.27. The lowest BCUT2D eigenvalue weighted by Crippen LogP contribution is -2.21. The topological polar surface area (TPSA) is 46.3 Å². The third kappa shape index (κ3) is 3.11. The molecule has 104 valence electrons. The average molecular weight is 287 g/mol. The molecular weight excluding hydrogens is 269 g/mol. The lowest BCUT2D eigenvalue weighted by molar-refractivity contribution is 0.857. The largest absolute Gasteiger partial charge is 0.327 e. The summed E-state index contributed by atoms with van der Waals surface area (Å²) in [5.74, 6) is 0. The second-order valence-corrected chi connectivity index (χ2v) is 4.82. The fourth-order valence-corrected chi connectivity index (χ4v) is 2.03. The second-order valence-electron chi connectivity index (χ2n) is 4.30. The molecule has 0 radical (unpaired) electrons. The SMILES string of the molecule is C=CCN=C(P)N(C)c1cn(-c2cccnc2)nc1C. The highest BCUT2D eigenvalue weighted by molar-refractivity contribution is 7.41. The lowest BCUT2D eigenvalue weighted by atomic mass is 10.4. The van der Waals surface area contributed by atoms with Crippen LogP contribution in [-0.2, 0) is 0 Å². The van der Waals surface area contributed by atoms with Gasteiger partial charge in [0.15, 0.2) is 0 Å². The third-order valence-corrected chi connectivity index (χ3v) is 3.44. The number of amidine groups is 1. The first-order valence-electron chi connectivity index (χ1n) is 6.24. The molecule has 0 aliphatic carbocycles. The zero-order valence-corrected chi connectivity index (χ0v) is 12.8. The second kappa shape index (κ2) is 6.44. The Morgan fingerprint density at radius 2 is 2.40 bits per heavy atom. The van der Waals surface area contributed by atoms with Gasteiger partial charge in [-0.05, 0) is 19.1 Å². The monoisotopic (exact) mass is 287 g/mol. The quantitative estimate of drug-likeness (QED) is 0.375. The normalized spacial score (nSPS) is 11.4. The maximum Gasteiger partial charge on any atom is 0.120 e. The Morgan fingerprint density at radius 1 is 1.60 bits per heavy atom. The van der Waals surface area contributed by atoms with Crippen LogP contribution in [0.5, 0.6) is 0 Å². The molecular formula is C14H18N5P. The zero-order chi connectivity index (χ0) is 14.5. The summed E-state index contributed by atoms with van der Waals surface area (Å²) in [6, 6.07) is 3.86. The van der Waals surface area contributed by atoms with Crippen LogP contribution in [-0.4, -0.2) is 33.9 Å². The summed E-state index contributed by atoms with van der Waals surface area (Å²) < 4.78 is 1.82. The zero-order valence-electron chi connectivity index (χ0n) is 11.7. The molecule has 0 fully saturated rings. The van der Waals surface area contributed by atoms with E-state index >= 15 is 0 Å². The number of nitrogens with zero attached hydrogens (tertiary/aromatic N) is 5. The molecule has 2 aromatic rings. The predicted octanol–water partition coefficient (Wildman–Crippen LogP) is 2.43. The van der Waals surface area contributed by atoms with E-state index in [-0.39, 0.29) is 0 Å². The van der Waals surface area contributed by atoms with Gasteiger partial charge >= 0.3 is 0 Å². The molecule has 1 atom stereocenters. The number of rotatable bonds is 4. The molecule has 20 heavy (non-hydrogen) atoms. The van der Waals surface area contributed by atoms with E-state index in [9.17, 15) is 0 Å². The van der Waals surface area contributed by atoms with E-state index in [1.807, 2.05) is 41.9 Å². The summed E-state index contributed by atoms with van der Waals surface area (Å²) >= 11 is 0. The van der Waals surface area contributed by atoms with E-state index in [1.54, 1.807) is 18.5 Å². The molecule has 0 amide bonds. The molecule has 6 heteroatoms. The molecule has 5 nitrogen and oxygen atoms in total. The van der Waals surface area contributed by atoms with Crippen LogP contribution in [0.1, 0.15) is 5.69 Å². The van der Waals surface area contributed by atoms with Gasteiger partial charge in [-0.25, -0.2) is 4.68 Å². The van der Waals surface area contributed by atoms with Crippen molar-refractivity contribution in [1.29, 1.82) is 0 Å². The molecule has 1 unspecified atom stereocenters. The Morgan fingerprint density at radius 3 is 3.05 bits per heavy atom. The first-order valence-corrected chi connectivity index (χ1v) is 6.82. The Labute approximate surface area is 121 Å². The third-order valence-electron chi connectivity index (χ3n) is 2.87. The van der Waals surface area contributed by atoms with Crippen LogP contribution in [0.15, 0.2) is 48.4 Å². The molecule has 0 bridgehead atoms. The van der Waals surface area contributed by atoms with Crippen LogP contribution in [0, 0.1) is 6.92 Å². The summed E-state index contributed by atoms with van der Waals surface area (Å²) in [7, 11) is 4.60. The molecule has 0 saturated carbocycles. The summed E-state index contributed by atoms with van der Waals surface area (Å²) in [6.45, 7) is 6.24. The Kier molecular flexibility index (Phi) is 4.64. The van der Waals surface area contributed by atoms with Gasteiger partial charge in [0.2, 0.25) is 0 Å². The van der Waals surface area contributed by atoms with Crippen molar-refractivity contribution < 1.29 is 0 Å². The Balaban J connectivity index is 2.30. The van der Waals surface area contributed by atoms with Gasteiger partial charge in [0.05, 0.1) is 36.0 Å². The maximum atomic E-state index is 4.52. The van der Waals surface area contributed by atoms with Gasteiger partial charge in [-0.15, -0.1) is 6.58 Å². The molecule has 2 rings (SSSR count). The van der Waals surface area contributed by atoms with E-state index < -0.39 is 0 Å². The molecule has 0 saturated heterocycles. The number of aryl methyl sites for hydroxylation is 1. The minimum absolute atomic E-state index is 0.596. The van der Waals surface area contributed by atoms with Crippen molar-refractivity contribution in [1.82, 2.24) is 14.8 Å². The molecule has 2 heterocycles. The fourth-order valence-electron chi connectivity index (χ4n) is 1.79. The number of aromatic nitrogens is 3. The van der Waals surface area contributed by atoms with Gasteiger partial charge in [0.25, 0.3) is 0 Å². The minimum atomic E-state index is 0.596. The van der Waals surface area contributed by atoms with Crippen LogP contribution in [0.25, 0.3) is 5.69 Å². The van der Waals surface area contributed by atoms with Crippen molar-refractivity contribution in [2.75, 3.05) is 18.5 Å². The summed E-state index contributed by atoms with van der Waals surface area (Å²) in [4.78, 5) is 10.5. The number of aliphatic imine (C=N–C) groups is 1. The van der Waals surface area contributed by atoms with E-state index in [4.69, 9.17) is 0 Å². The van der Waals surface area contributed by atoms with Crippen LogP contribution < -0.4 is 4.90 Å².